The topological polar surface area (TPSA) is 32.3 Å². The number of allylic oxidation sites excluding steroid dienone is 5. The maximum Gasteiger partial charge on any atom is 0.120 e. The highest BCUT2D eigenvalue weighted by molar-refractivity contribution is 7.80. The Hall–Kier alpha value is -2.65. The van der Waals surface area contributed by atoms with Gasteiger partial charge in [0.1, 0.15) is 5.75 Å². The lowest BCUT2D eigenvalue weighted by Gasteiger charge is -2.41. The first kappa shape index (κ1) is 22.5. The van der Waals surface area contributed by atoms with E-state index in [2.05, 4.69) is 63.0 Å². The van der Waals surface area contributed by atoms with Gasteiger partial charge in [0, 0.05) is 22.6 Å². The van der Waals surface area contributed by atoms with Crippen molar-refractivity contribution in [3.05, 3.63) is 89.2 Å². The minimum atomic E-state index is -0.475. The molecule has 1 atom stereocenters. The van der Waals surface area contributed by atoms with E-state index in [-0.39, 0.29) is 5.92 Å². The number of benzene rings is 2. The van der Waals surface area contributed by atoms with Gasteiger partial charge in [-0.3, -0.25) is 0 Å². The van der Waals surface area contributed by atoms with Gasteiger partial charge in [-0.25, -0.2) is 0 Å². The van der Waals surface area contributed by atoms with E-state index < -0.39 is 5.41 Å². The van der Waals surface area contributed by atoms with Crippen LogP contribution < -0.4 is 5.32 Å². The van der Waals surface area contributed by atoms with E-state index >= 15 is 0 Å². The van der Waals surface area contributed by atoms with Crippen LogP contribution in [-0.4, -0.2) is 10.1 Å². The fourth-order valence-corrected chi connectivity index (χ4v) is 5.72. The molecule has 0 radical (unpaired) electrons. The molecule has 2 aromatic rings. The molecule has 0 saturated carbocycles. The fraction of sp³-hybridized carbons (Fsp3) is 0.345. The van der Waals surface area contributed by atoms with Crippen molar-refractivity contribution in [1.29, 1.82) is 0 Å². The normalized spacial score (nSPS) is 19.3. The van der Waals surface area contributed by atoms with Crippen molar-refractivity contribution in [2.75, 3.05) is 0 Å². The van der Waals surface area contributed by atoms with Crippen LogP contribution >= 0.6 is 12.2 Å². The number of rotatable bonds is 6. The predicted octanol–water partition coefficient (Wildman–Crippen LogP) is 7.65. The number of unbranched alkanes of at least 4 members (excludes halogenated alkanes) is 1. The third-order valence-corrected chi connectivity index (χ3v) is 7.21. The van der Waals surface area contributed by atoms with Crippen LogP contribution in [0.4, 0.5) is 0 Å². The second-order valence-corrected chi connectivity index (χ2v) is 9.84. The van der Waals surface area contributed by atoms with Crippen molar-refractivity contribution in [2.24, 2.45) is 5.92 Å². The first-order valence-electron chi connectivity index (χ1n) is 11.7. The van der Waals surface area contributed by atoms with E-state index in [1.807, 2.05) is 24.3 Å². The summed E-state index contributed by atoms with van der Waals surface area (Å²) in [5.74, 6) is 0.468. The quantitative estimate of drug-likeness (QED) is 0.450. The Labute approximate surface area is 197 Å². The molecule has 2 N–H and O–H groups in total. The van der Waals surface area contributed by atoms with Crippen molar-refractivity contribution in [3.63, 3.8) is 0 Å². The van der Waals surface area contributed by atoms with Gasteiger partial charge in [-0.1, -0.05) is 101 Å². The average Bonchev–Trinajstić information content (AvgIpc) is 2.78. The molecule has 2 nitrogen and oxygen atoms in total. The lowest BCUT2D eigenvalue weighted by molar-refractivity contribution is 0.452. The Bertz CT molecular complexity index is 1160. The molecule has 2 aliphatic rings. The molecule has 0 fully saturated rings. The second kappa shape index (κ2) is 9.07. The molecule has 4 rings (SSSR count). The minimum Gasteiger partial charge on any atom is -0.508 e. The van der Waals surface area contributed by atoms with Crippen LogP contribution in [0.2, 0.25) is 0 Å². The Morgan fingerprint density at radius 3 is 2.66 bits per heavy atom. The van der Waals surface area contributed by atoms with Crippen LogP contribution in [0, 0.1) is 5.92 Å². The highest BCUT2D eigenvalue weighted by atomic mass is 32.1. The minimum absolute atomic E-state index is 0.149. The standard InChI is InChI=1S/C29H33NOS/c1-5-6-15-23-25(21-13-8-7-9-14-21)26(19(2)30-28(23)32)29(3,4)27-22-16-11-10-12-20(22)17-18-24(27)31/h8,10-14,16-18,23,31H,2,5-7,9,15H2,1,3-4H3,(H,30,32). The van der Waals surface area contributed by atoms with Crippen molar-refractivity contribution in [1.82, 2.24) is 5.32 Å². The summed E-state index contributed by atoms with van der Waals surface area (Å²) < 4.78 is 0. The number of hydrogen-bond donors (Lipinski definition) is 2. The summed E-state index contributed by atoms with van der Waals surface area (Å²) in [7, 11) is 0. The van der Waals surface area contributed by atoms with Gasteiger partial charge in [-0.15, -0.1) is 0 Å². The molecule has 2 aromatic carbocycles. The Morgan fingerprint density at radius 1 is 1.16 bits per heavy atom. The molecule has 0 amide bonds. The van der Waals surface area contributed by atoms with Crippen LogP contribution in [0.5, 0.6) is 5.75 Å². The van der Waals surface area contributed by atoms with E-state index in [1.165, 1.54) is 11.1 Å². The summed E-state index contributed by atoms with van der Waals surface area (Å²) >= 11 is 5.85. The maximum absolute atomic E-state index is 11.1. The molecule has 32 heavy (non-hydrogen) atoms. The summed E-state index contributed by atoms with van der Waals surface area (Å²) in [6.45, 7) is 11.0. The molecular weight excluding hydrogens is 410 g/mol. The molecular formula is C29H33NOS. The van der Waals surface area contributed by atoms with Gasteiger partial charge in [0.05, 0.1) is 4.99 Å². The summed E-state index contributed by atoms with van der Waals surface area (Å²) in [4.78, 5) is 0.861. The van der Waals surface area contributed by atoms with Crippen LogP contribution in [0.25, 0.3) is 10.8 Å². The molecule has 1 aliphatic heterocycles. The van der Waals surface area contributed by atoms with Gasteiger partial charge in [0.2, 0.25) is 0 Å². The van der Waals surface area contributed by atoms with Crippen LogP contribution in [-0.2, 0) is 5.41 Å². The van der Waals surface area contributed by atoms with Crippen molar-refractivity contribution >= 4 is 28.0 Å². The second-order valence-electron chi connectivity index (χ2n) is 9.40. The largest absolute Gasteiger partial charge is 0.508 e. The zero-order chi connectivity index (χ0) is 22.9. The van der Waals surface area contributed by atoms with E-state index in [0.717, 1.165) is 64.7 Å². The highest BCUT2D eigenvalue weighted by Crippen LogP contribution is 2.49. The number of phenolic OH excluding ortho intramolecular Hbond substituents is 1. The van der Waals surface area contributed by atoms with E-state index in [1.54, 1.807) is 0 Å². The summed E-state index contributed by atoms with van der Waals surface area (Å²) in [5, 5.41) is 16.7. The molecule has 3 heteroatoms. The molecule has 1 heterocycles. The van der Waals surface area contributed by atoms with Gasteiger partial charge in [0.25, 0.3) is 0 Å². The van der Waals surface area contributed by atoms with E-state index in [9.17, 15) is 5.11 Å². The zero-order valence-corrected chi connectivity index (χ0v) is 20.2. The third kappa shape index (κ3) is 3.95. The zero-order valence-electron chi connectivity index (χ0n) is 19.4. The monoisotopic (exact) mass is 443 g/mol. The smallest absolute Gasteiger partial charge is 0.120 e. The molecule has 166 valence electrons. The number of hydrogen-bond acceptors (Lipinski definition) is 2. The molecule has 0 bridgehead atoms. The average molecular weight is 444 g/mol. The Kier molecular flexibility index (Phi) is 6.39. The number of phenols is 1. The van der Waals surface area contributed by atoms with E-state index in [0.29, 0.717) is 5.75 Å². The number of nitrogens with one attached hydrogen (secondary N) is 1. The van der Waals surface area contributed by atoms with Crippen molar-refractivity contribution in [3.8, 4) is 5.75 Å². The molecule has 1 unspecified atom stereocenters. The number of fused-ring (bicyclic) bond motifs is 1. The van der Waals surface area contributed by atoms with Gasteiger partial charge in [-0.05, 0) is 52.8 Å². The lowest BCUT2D eigenvalue weighted by Crippen LogP contribution is -2.41. The van der Waals surface area contributed by atoms with Crippen molar-refractivity contribution in [2.45, 2.75) is 58.3 Å². The molecule has 0 spiro atoms. The summed E-state index contributed by atoms with van der Waals surface area (Å²) in [6.07, 6.45) is 12.2. The first-order valence-corrected chi connectivity index (χ1v) is 12.1. The number of aromatic hydroxyl groups is 1. The summed E-state index contributed by atoms with van der Waals surface area (Å²) in [5.41, 5.74) is 4.99. The van der Waals surface area contributed by atoms with Gasteiger partial charge in [0.15, 0.2) is 0 Å². The first-order chi connectivity index (χ1) is 15.4. The Morgan fingerprint density at radius 2 is 1.94 bits per heavy atom. The SMILES string of the molecule is C=C1NC(=S)C(CCCC)C(C2=CCCC=C2)=C1C(C)(C)c1c(O)ccc2ccccc12. The van der Waals surface area contributed by atoms with Crippen LogP contribution in [0.3, 0.4) is 0 Å². The van der Waals surface area contributed by atoms with Crippen LogP contribution in [0.1, 0.15) is 58.4 Å². The Balaban J connectivity index is 2.01. The fourth-order valence-electron chi connectivity index (χ4n) is 5.36. The highest BCUT2D eigenvalue weighted by Gasteiger charge is 2.40. The summed E-state index contributed by atoms with van der Waals surface area (Å²) in [6, 6.07) is 12.1. The third-order valence-electron chi connectivity index (χ3n) is 6.82. The molecule has 0 aromatic heterocycles. The van der Waals surface area contributed by atoms with E-state index in [4.69, 9.17) is 12.2 Å². The van der Waals surface area contributed by atoms with Gasteiger partial charge in [-0.2, -0.15) is 0 Å². The predicted molar refractivity (Wildman–Crippen MR) is 140 cm³/mol. The van der Waals surface area contributed by atoms with Gasteiger partial charge >= 0.3 is 0 Å². The maximum atomic E-state index is 11.1. The van der Waals surface area contributed by atoms with Crippen LogP contribution in [0.15, 0.2) is 83.6 Å². The molecule has 0 saturated heterocycles. The van der Waals surface area contributed by atoms with Gasteiger partial charge < -0.3 is 10.4 Å². The number of thiocarbonyl (C=S) groups is 1. The molecule has 1 aliphatic carbocycles. The van der Waals surface area contributed by atoms with Crippen molar-refractivity contribution < 1.29 is 5.11 Å². The lowest BCUT2D eigenvalue weighted by atomic mass is 9.67.